The topological polar surface area (TPSA) is 88.3 Å². The Labute approximate surface area is 175 Å². The van der Waals surface area contributed by atoms with Crippen LogP contribution in [0.4, 0.5) is 0 Å². The summed E-state index contributed by atoms with van der Waals surface area (Å²) in [5.41, 5.74) is 2.04. The number of carbonyl (C=O) groups is 2. The molecule has 6 heteroatoms. The summed E-state index contributed by atoms with van der Waals surface area (Å²) in [4.78, 5) is 34.1. The molecule has 0 saturated heterocycles. The number of fused-ring (bicyclic) bond motifs is 1. The Morgan fingerprint density at radius 3 is 2.30 bits per heavy atom. The van der Waals surface area contributed by atoms with Crippen molar-refractivity contribution in [3.05, 3.63) is 82.1 Å². The SMILES string of the molecule is C/C(O)=C(/C(=O)OC(C)(C)C)C1=NC(=NC(=O)c2cccc(C)c2)c2ccccc21. The van der Waals surface area contributed by atoms with Crippen LogP contribution in [-0.2, 0) is 9.53 Å². The van der Waals surface area contributed by atoms with E-state index in [0.717, 1.165) is 5.56 Å². The number of hydrogen-bond donors (Lipinski definition) is 1. The second-order valence-electron chi connectivity index (χ2n) is 8.08. The molecule has 0 saturated carbocycles. The summed E-state index contributed by atoms with van der Waals surface area (Å²) in [6, 6.07) is 14.3. The van der Waals surface area contributed by atoms with Crippen molar-refractivity contribution < 1.29 is 19.4 Å². The van der Waals surface area contributed by atoms with Crippen LogP contribution in [0, 0.1) is 6.92 Å². The summed E-state index contributed by atoms with van der Waals surface area (Å²) >= 11 is 0. The minimum absolute atomic E-state index is 0.0504. The van der Waals surface area contributed by atoms with Crippen LogP contribution in [0.2, 0.25) is 0 Å². The first-order valence-electron chi connectivity index (χ1n) is 9.58. The van der Waals surface area contributed by atoms with E-state index in [1.807, 2.05) is 13.0 Å². The van der Waals surface area contributed by atoms with Gasteiger partial charge in [0.25, 0.3) is 5.91 Å². The Bertz CT molecular complexity index is 1110. The largest absolute Gasteiger partial charge is 0.512 e. The first kappa shape index (κ1) is 21.2. The molecule has 2 aromatic rings. The van der Waals surface area contributed by atoms with Crippen LogP contribution in [0.5, 0.6) is 0 Å². The minimum atomic E-state index is -0.742. The standard InChI is InChI=1S/C24H24N2O4/c1-14-9-8-10-16(13-14)22(28)26-21-18-12-7-6-11-17(18)20(25-21)19(15(2)27)23(29)30-24(3,4)5/h6-13,27H,1-5H3/b19-15-,26-21?. The highest BCUT2D eigenvalue weighted by Crippen LogP contribution is 2.27. The van der Waals surface area contributed by atoms with E-state index in [1.165, 1.54) is 6.92 Å². The maximum Gasteiger partial charge on any atom is 0.344 e. The number of ether oxygens (including phenoxy) is 1. The average Bonchev–Trinajstić information content (AvgIpc) is 2.98. The molecule has 1 aliphatic heterocycles. The zero-order chi connectivity index (χ0) is 22.1. The highest BCUT2D eigenvalue weighted by Gasteiger charge is 2.32. The molecule has 1 aliphatic rings. The van der Waals surface area contributed by atoms with E-state index in [2.05, 4.69) is 9.98 Å². The number of rotatable bonds is 3. The van der Waals surface area contributed by atoms with Gasteiger partial charge in [0.2, 0.25) is 0 Å². The van der Waals surface area contributed by atoms with Crippen LogP contribution in [0.25, 0.3) is 0 Å². The third-order valence-corrected chi connectivity index (χ3v) is 4.31. The second kappa shape index (κ2) is 8.06. The Hall–Kier alpha value is -3.54. The number of benzene rings is 2. The van der Waals surface area contributed by atoms with Crippen molar-refractivity contribution in [3.63, 3.8) is 0 Å². The molecule has 0 bridgehead atoms. The summed E-state index contributed by atoms with van der Waals surface area (Å²) in [6.07, 6.45) is 0. The van der Waals surface area contributed by atoms with Gasteiger partial charge in [-0.1, -0.05) is 42.0 Å². The zero-order valence-electron chi connectivity index (χ0n) is 17.7. The molecule has 0 spiro atoms. The second-order valence-corrected chi connectivity index (χ2v) is 8.08. The Morgan fingerprint density at radius 1 is 1.03 bits per heavy atom. The molecule has 0 fully saturated rings. The third-order valence-electron chi connectivity index (χ3n) is 4.31. The molecule has 0 radical (unpaired) electrons. The number of nitrogens with zero attached hydrogens (tertiary/aromatic N) is 2. The lowest BCUT2D eigenvalue weighted by molar-refractivity contribution is -0.149. The van der Waals surface area contributed by atoms with E-state index in [1.54, 1.807) is 63.2 Å². The van der Waals surface area contributed by atoms with E-state index < -0.39 is 17.5 Å². The van der Waals surface area contributed by atoms with Crippen molar-refractivity contribution in [2.24, 2.45) is 9.98 Å². The lowest BCUT2D eigenvalue weighted by Gasteiger charge is -2.21. The Balaban J connectivity index is 2.08. The van der Waals surface area contributed by atoms with Gasteiger partial charge in [0.15, 0.2) is 5.84 Å². The predicted molar refractivity (Wildman–Crippen MR) is 116 cm³/mol. The maximum atomic E-state index is 12.8. The predicted octanol–water partition coefficient (Wildman–Crippen LogP) is 4.56. The van der Waals surface area contributed by atoms with E-state index in [4.69, 9.17) is 4.74 Å². The first-order valence-corrected chi connectivity index (χ1v) is 9.58. The van der Waals surface area contributed by atoms with Crippen LogP contribution < -0.4 is 0 Å². The molecule has 1 heterocycles. The van der Waals surface area contributed by atoms with Gasteiger partial charge in [-0.2, -0.15) is 4.99 Å². The maximum absolute atomic E-state index is 12.8. The number of aliphatic hydroxyl groups excluding tert-OH is 1. The summed E-state index contributed by atoms with van der Waals surface area (Å²) in [5.74, 6) is -1.15. The summed E-state index contributed by atoms with van der Waals surface area (Å²) < 4.78 is 5.44. The van der Waals surface area contributed by atoms with Gasteiger partial charge in [-0.25, -0.2) is 9.79 Å². The lowest BCUT2D eigenvalue weighted by Crippen LogP contribution is -2.28. The molecular weight excluding hydrogens is 380 g/mol. The van der Waals surface area contributed by atoms with Gasteiger partial charge in [0, 0.05) is 16.7 Å². The number of amidine groups is 1. The molecule has 3 rings (SSSR count). The number of allylic oxidation sites excluding steroid dienone is 1. The number of aryl methyl sites for hydroxylation is 1. The highest BCUT2D eigenvalue weighted by atomic mass is 16.6. The van der Waals surface area contributed by atoms with E-state index in [0.29, 0.717) is 16.7 Å². The molecule has 1 amide bonds. The first-order chi connectivity index (χ1) is 14.1. The molecule has 30 heavy (non-hydrogen) atoms. The third kappa shape index (κ3) is 4.54. The molecule has 2 aromatic carbocycles. The Morgan fingerprint density at radius 2 is 1.70 bits per heavy atom. The van der Waals surface area contributed by atoms with Crippen LogP contribution >= 0.6 is 0 Å². The van der Waals surface area contributed by atoms with Gasteiger partial charge in [-0.05, 0) is 46.8 Å². The molecule has 0 aliphatic carbocycles. The Kier molecular flexibility index (Phi) is 5.69. The van der Waals surface area contributed by atoms with Crippen molar-refractivity contribution in [3.8, 4) is 0 Å². The molecule has 154 valence electrons. The van der Waals surface area contributed by atoms with E-state index >= 15 is 0 Å². The van der Waals surface area contributed by atoms with Crippen molar-refractivity contribution in [2.45, 2.75) is 40.2 Å². The summed E-state index contributed by atoms with van der Waals surface area (Å²) in [7, 11) is 0. The lowest BCUT2D eigenvalue weighted by atomic mass is 9.99. The molecule has 1 N–H and O–H groups in total. The molecule has 0 aromatic heterocycles. The molecular formula is C24H24N2O4. The van der Waals surface area contributed by atoms with Crippen molar-refractivity contribution in [1.82, 2.24) is 0 Å². The number of aliphatic imine (C=N–C) groups is 2. The fourth-order valence-corrected chi connectivity index (χ4v) is 3.07. The summed E-state index contributed by atoms with van der Waals surface area (Å²) in [6.45, 7) is 8.53. The van der Waals surface area contributed by atoms with Gasteiger partial charge >= 0.3 is 5.97 Å². The van der Waals surface area contributed by atoms with Gasteiger partial charge in [0.1, 0.15) is 16.9 Å². The van der Waals surface area contributed by atoms with Crippen LogP contribution in [0.15, 0.2) is 69.8 Å². The molecule has 6 nitrogen and oxygen atoms in total. The highest BCUT2D eigenvalue weighted by molar-refractivity contribution is 6.36. The smallest absolute Gasteiger partial charge is 0.344 e. The van der Waals surface area contributed by atoms with Crippen molar-refractivity contribution >= 4 is 23.4 Å². The van der Waals surface area contributed by atoms with Crippen molar-refractivity contribution in [2.75, 3.05) is 0 Å². The van der Waals surface area contributed by atoms with Crippen LogP contribution in [0.1, 0.15) is 54.7 Å². The monoisotopic (exact) mass is 404 g/mol. The van der Waals surface area contributed by atoms with Crippen LogP contribution in [-0.4, -0.2) is 34.1 Å². The fourth-order valence-electron chi connectivity index (χ4n) is 3.07. The average molecular weight is 404 g/mol. The van der Waals surface area contributed by atoms with Crippen LogP contribution in [0.3, 0.4) is 0 Å². The van der Waals surface area contributed by atoms with Gasteiger partial charge < -0.3 is 9.84 Å². The number of hydrogen-bond acceptors (Lipinski definition) is 4. The molecule has 0 unspecified atom stereocenters. The van der Waals surface area contributed by atoms with Gasteiger partial charge in [-0.3, -0.25) is 4.79 Å². The number of esters is 1. The number of carbonyl (C=O) groups excluding carboxylic acids is 2. The summed E-state index contributed by atoms with van der Waals surface area (Å²) in [5, 5.41) is 10.2. The fraction of sp³-hybridized carbons (Fsp3) is 0.250. The normalized spacial score (nSPS) is 15.4. The van der Waals surface area contributed by atoms with E-state index in [-0.39, 0.29) is 22.9 Å². The number of amides is 1. The molecule has 0 atom stereocenters. The van der Waals surface area contributed by atoms with E-state index in [9.17, 15) is 14.7 Å². The zero-order valence-corrected chi connectivity index (χ0v) is 17.7. The van der Waals surface area contributed by atoms with Gasteiger partial charge in [0.05, 0.1) is 5.71 Å². The quantitative estimate of drug-likeness (QED) is 0.461. The minimum Gasteiger partial charge on any atom is -0.512 e. The van der Waals surface area contributed by atoms with Crippen molar-refractivity contribution in [1.29, 1.82) is 0 Å². The number of aliphatic hydroxyl groups is 1. The van der Waals surface area contributed by atoms with Gasteiger partial charge in [-0.15, -0.1) is 0 Å².